The lowest BCUT2D eigenvalue weighted by Gasteiger charge is -2.48. The average Bonchev–Trinajstić information content (AvgIpc) is 2.26. The highest BCUT2D eigenvalue weighted by Gasteiger charge is 2.46. The first-order valence-electron chi connectivity index (χ1n) is 6.42. The van der Waals surface area contributed by atoms with E-state index in [2.05, 4.69) is 13.8 Å². The molecule has 17 heavy (non-hydrogen) atoms. The zero-order valence-corrected chi connectivity index (χ0v) is 11.0. The summed E-state index contributed by atoms with van der Waals surface area (Å²) < 4.78 is 14.1. The first-order valence-corrected chi connectivity index (χ1v) is 6.42. The van der Waals surface area contributed by atoms with E-state index in [9.17, 15) is 4.39 Å². The summed E-state index contributed by atoms with van der Waals surface area (Å²) in [5.41, 5.74) is 7.79. The van der Waals surface area contributed by atoms with E-state index in [1.165, 1.54) is 6.42 Å². The number of halogens is 1. The van der Waals surface area contributed by atoms with Crippen LogP contribution in [0.15, 0.2) is 18.2 Å². The summed E-state index contributed by atoms with van der Waals surface area (Å²) in [7, 11) is 0. The molecule has 1 saturated carbocycles. The highest BCUT2D eigenvalue weighted by molar-refractivity contribution is 5.32. The number of nitrogens with two attached hydrogens (primary N) is 1. The van der Waals surface area contributed by atoms with Gasteiger partial charge in [0.15, 0.2) is 0 Å². The predicted molar refractivity (Wildman–Crippen MR) is 69.3 cm³/mol. The van der Waals surface area contributed by atoms with Crippen LogP contribution < -0.4 is 5.73 Å². The Morgan fingerprint density at radius 1 is 1.18 bits per heavy atom. The fraction of sp³-hybridized carbons (Fsp3) is 0.600. The molecule has 0 bridgehead atoms. The number of rotatable bonds is 1. The van der Waals surface area contributed by atoms with Gasteiger partial charge in [0.2, 0.25) is 0 Å². The maximum absolute atomic E-state index is 14.1. The molecule has 1 aromatic carbocycles. The van der Waals surface area contributed by atoms with Gasteiger partial charge in [0.05, 0.1) is 0 Å². The molecule has 1 unspecified atom stereocenters. The maximum atomic E-state index is 14.1. The molecule has 0 spiro atoms. The molecule has 1 atom stereocenters. The highest BCUT2D eigenvalue weighted by Crippen LogP contribution is 2.48. The second-order valence-corrected chi connectivity index (χ2v) is 6.05. The molecule has 2 N–H and O–H groups in total. The molecule has 1 aromatic rings. The first kappa shape index (κ1) is 12.6. The Morgan fingerprint density at radius 3 is 2.47 bits per heavy atom. The van der Waals surface area contributed by atoms with E-state index in [1.807, 2.05) is 13.0 Å². The Hall–Kier alpha value is -0.890. The van der Waals surface area contributed by atoms with Gasteiger partial charge in [-0.25, -0.2) is 4.39 Å². The number of hydrogen-bond acceptors (Lipinski definition) is 1. The van der Waals surface area contributed by atoms with E-state index < -0.39 is 5.54 Å². The van der Waals surface area contributed by atoms with Crippen molar-refractivity contribution in [3.05, 3.63) is 35.1 Å². The lowest BCUT2D eigenvalue weighted by molar-refractivity contribution is 0.0942. The van der Waals surface area contributed by atoms with Crippen LogP contribution in [0.4, 0.5) is 4.39 Å². The van der Waals surface area contributed by atoms with Crippen molar-refractivity contribution in [1.29, 1.82) is 0 Å². The van der Waals surface area contributed by atoms with Crippen molar-refractivity contribution >= 4 is 0 Å². The second kappa shape index (κ2) is 4.09. The van der Waals surface area contributed by atoms with Crippen LogP contribution in [0.2, 0.25) is 0 Å². The lowest BCUT2D eigenvalue weighted by atomic mass is 9.60. The normalized spacial score (nSPS) is 28.1. The van der Waals surface area contributed by atoms with E-state index in [0.29, 0.717) is 5.56 Å². The minimum Gasteiger partial charge on any atom is -0.321 e. The van der Waals surface area contributed by atoms with E-state index in [-0.39, 0.29) is 11.2 Å². The van der Waals surface area contributed by atoms with E-state index in [1.54, 1.807) is 12.1 Å². The van der Waals surface area contributed by atoms with E-state index in [0.717, 1.165) is 24.8 Å². The van der Waals surface area contributed by atoms with Crippen molar-refractivity contribution < 1.29 is 4.39 Å². The Kier molecular flexibility index (Phi) is 3.03. The fourth-order valence-electron chi connectivity index (χ4n) is 3.01. The summed E-state index contributed by atoms with van der Waals surface area (Å²) in [5, 5.41) is 0. The number of benzene rings is 1. The molecule has 1 fully saturated rings. The van der Waals surface area contributed by atoms with Crippen LogP contribution in [0.3, 0.4) is 0 Å². The summed E-state index contributed by atoms with van der Waals surface area (Å²) in [4.78, 5) is 0. The van der Waals surface area contributed by atoms with Crippen molar-refractivity contribution in [3.8, 4) is 0 Å². The summed E-state index contributed by atoms with van der Waals surface area (Å²) in [5.74, 6) is -0.159. The molecule has 2 rings (SSSR count). The van der Waals surface area contributed by atoms with Crippen molar-refractivity contribution in [3.63, 3.8) is 0 Å². The SMILES string of the molecule is Cc1ccc(F)c(C2(N)CCCCC2(C)C)c1. The van der Waals surface area contributed by atoms with E-state index in [4.69, 9.17) is 5.73 Å². The summed E-state index contributed by atoms with van der Waals surface area (Å²) >= 11 is 0. The first-order chi connectivity index (χ1) is 7.87. The van der Waals surface area contributed by atoms with Crippen LogP contribution in [0.1, 0.15) is 50.7 Å². The zero-order chi connectivity index (χ0) is 12.7. The highest BCUT2D eigenvalue weighted by atomic mass is 19.1. The Morgan fingerprint density at radius 2 is 1.82 bits per heavy atom. The third kappa shape index (κ3) is 1.99. The topological polar surface area (TPSA) is 26.0 Å². The molecule has 0 aliphatic heterocycles. The largest absolute Gasteiger partial charge is 0.321 e. The van der Waals surface area contributed by atoms with Crippen molar-refractivity contribution in [1.82, 2.24) is 0 Å². The monoisotopic (exact) mass is 235 g/mol. The molecule has 0 saturated heterocycles. The van der Waals surface area contributed by atoms with Crippen molar-refractivity contribution in [2.24, 2.45) is 11.1 Å². The van der Waals surface area contributed by atoms with Gasteiger partial charge >= 0.3 is 0 Å². The van der Waals surface area contributed by atoms with Gasteiger partial charge in [-0.15, -0.1) is 0 Å². The van der Waals surface area contributed by atoms with Gasteiger partial charge in [-0.1, -0.05) is 44.4 Å². The van der Waals surface area contributed by atoms with Crippen LogP contribution in [0, 0.1) is 18.2 Å². The van der Waals surface area contributed by atoms with E-state index >= 15 is 0 Å². The molecule has 0 aromatic heterocycles. The molecular weight excluding hydrogens is 213 g/mol. The Labute approximate surface area is 103 Å². The zero-order valence-electron chi connectivity index (χ0n) is 11.0. The quantitative estimate of drug-likeness (QED) is 0.785. The molecule has 94 valence electrons. The molecule has 1 aliphatic carbocycles. The molecular formula is C15H22FN. The number of aryl methyl sites for hydroxylation is 1. The maximum Gasteiger partial charge on any atom is 0.128 e. The number of hydrogen-bond donors (Lipinski definition) is 1. The molecule has 1 aliphatic rings. The Bertz CT molecular complexity index is 425. The average molecular weight is 235 g/mol. The van der Waals surface area contributed by atoms with Gasteiger partial charge in [0.1, 0.15) is 5.82 Å². The van der Waals surface area contributed by atoms with Gasteiger partial charge in [0.25, 0.3) is 0 Å². The van der Waals surface area contributed by atoms with Crippen LogP contribution in [0.5, 0.6) is 0 Å². The van der Waals surface area contributed by atoms with Gasteiger partial charge < -0.3 is 5.73 Å². The summed E-state index contributed by atoms with van der Waals surface area (Å²) in [6.45, 7) is 6.31. The molecule has 2 heteroatoms. The van der Waals surface area contributed by atoms with Crippen LogP contribution in [-0.2, 0) is 5.54 Å². The lowest BCUT2D eigenvalue weighted by Crippen LogP contribution is -2.52. The van der Waals surface area contributed by atoms with Crippen LogP contribution >= 0.6 is 0 Å². The minimum absolute atomic E-state index is 0.0418. The Balaban J connectivity index is 2.52. The van der Waals surface area contributed by atoms with Gasteiger partial charge in [-0.05, 0) is 31.2 Å². The molecule has 1 nitrogen and oxygen atoms in total. The standard InChI is InChI=1S/C15H22FN/c1-11-6-7-13(16)12(10-11)15(17)9-5-4-8-14(15,2)3/h6-7,10H,4-5,8-9,17H2,1-3H3. The van der Waals surface area contributed by atoms with Gasteiger partial charge in [0, 0.05) is 11.1 Å². The second-order valence-electron chi connectivity index (χ2n) is 6.05. The van der Waals surface area contributed by atoms with Gasteiger partial charge in [-0.2, -0.15) is 0 Å². The fourth-order valence-corrected chi connectivity index (χ4v) is 3.01. The van der Waals surface area contributed by atoms with Crippen molar-refractivity contribution in [2.75, 3.05) is 0 Å². The third-order valence-electron chi connectivity index (χ3n) is 4.43. The minimum atomic E-state index is -0.526. The van der Waals surface area contributed by atoms with Gasteiger partial charge in [-0.3, -0.25) is 0 Å². The summed E-state index contributed by atoms with van der Waals surface area (Å²) in [6.07, 6.45) is 4.23. The third-order valence-corrected chi connectivity index (χ3v) is 4.43. The van der Waals surface area contributed by atoms with Crippen LogP contribution in [0.25, 0.3) is 0 Å². The summed E-state index contributed by atoms with van der Waals surface area (Å²) in [6, 6.07) is 5.27. The smallest absolute Gasteiger partial charge is 0.128 e. The van der Waals surface area contributed by atoms with Crippen molar-refractivity contribution in [2.45, 2.75) is 52.0 Å². The predicted octanol–water partition coefficient (Wildman–Crippen LogP) is 3.89. The molecule has 0 radical (unpaired) electrons. The molecule has 0 amide bonds. The van der Waals surface area contributed by atoms with Crippen LogP contribution in [-0.4, -0.2) is 0 Å². The molecule has 0 heterocycles.